The van der Waals surface area contributed by atoms with Gasteiger partial charge in [-0.2, -0.15) is 0 Å². The molecule has 4 rings (SSSR count). The van der Waals surface area contributed by atoms with Crippen molar-refractivity contribution in [2.75, 3.05) is 31.7 Å². The van der Waals surface area contributed by atoms with Gasteiger partial charge in [-0.1, -0.05) is 0 Å². The van der Waals surface area contributed by atoms with Gasteiger partial charge in [0, 0.05) is 24.7 Å². The number of amides is 3. The molecule has 2 saturated heterocycles. The van der Waals surface area contributed by atoms with Gasteiger partial charge in [0.15, 0.2) is 0 Å². The Balaban J connectivity index is 1.31. The Bertz CT molecular complexity index is 998. The minimum absolute atomic E-state index is 0.00935. The second-order valence-corrected chi connectivity index (χ2v) is 8.21. The van der Waals surface area contributed by atoms with Crippen LogP contribution < -0.4 is 19.7 Å². The lowest BCUT2D eigenvalue weighted by molar-refractivity contribution is -0.121. The quantitative estimate of drug-likeness (QED) is 0.651. The molecule has 0 aromatic heterocycles. The number of hydrogen-bond donors (Lipinski definition) is 1. The number of imide groups is 1. The van der Waals surface area contributed by atoms with Crippen LogP contribution >= 0.6 is 0 Å². The van der Waals surface area contributed by atoms with Gasteiger partial charge in [0.05, 0.1) is 31.9 Å². The van der Waals surface area contributed by atoms with Crippen molar-refractivity contribution in [2.24, 2.45) is 0 Å². The van der Waals surface area contributed by atoms with E-state index in [0.717, 1.165) is 12.8 Å². The first-order chi connectivity index (χ1) is 16.0. The van der Waals surface area contributed by atoms with E-state index in [1.807, 2.05) is 11.8 Å². The van der Waals surface area contributed by atoms with Crippen molar-refractivity contribution in [1.82, 2.24) is 10.2 Å². The third-order valence-corrected chi connectivity index (χ3v) is 6.11. The number of ether oxygens (including phenoxy) is 2. The SMILES string of the molecule is CCOc1ccc(N2C(=O)C[C@@H](NC3CCN(C(=O)c4ccc(OC)cc4)CC3)C2=O)cc1. The summed E-state index contributed by atoms with van der Waals surface area (Å²) in [6.07, 6.45) is 1.59. The second kappa shape index (κ2) is 10.0. The number of hydrogen-bond acceptors (Lipinski definition) is 6. The topological polar surface area (TPSA) is 88.2 Å². The number of piperidine rings is 1. The number of carbonyl (C=O) groups excluding carboxylic acids is 3. The van der Waals surface area contributed by atoms with Crippen molar-refractivity contribution < 1.29 is 23.9 Å². The number of methoxy groups -OCH3 is 1. The van der Waals surface area contributed by atoms with Gasteiger partial charge in [0.1, 0.15) is 11.5 Å². The highest BCUT2D eigenvalue weighted by molar-refractivity contribution is 6.22. The predicted octanol–water partition coefficient (Wildman–Crippen LogP) is 2.62. The highest BCUT2D eigenvalue weighted by Gasteiger charge is 2.40. The van der Waals surface area contributed by atoms with Gasteiger partial charge in [-0.05, 0) is 68.3 Å². The van der Waals surface area contributed by atoms with Crippen molar-refractivity contribution in [2.45, 2.75) is 38.3 Å². The van der Waals surface area contributed by atoms with E-state index in [2.05, 4.69) is 5.32 Å². The molecule has 0 spiro atoms. The summed E-state index contributed by atoms with van der Waals surface area (Å²) in [7, 11) is 1.59. The van der Waals surface area contributed by atoms with Crippen molar-refractivity contribution in [1.29, 1.82) is 0 Å². The first-order valence-electron chi connectivity index (χ1n) is 11.3. The average Bonchev–Trinajstić information content (AvgIpc) is 3.12. The molecule has 0 aliphatic carbocycles. The largest absolute Gasteiger partial charge is 0.497 e. The molecule has 2 fully saturated rings. The fraction of sp³-hybridized carbons (Fsp3) is 0.400. The molecule has 174 valence electrons. The Kier molecular flexibility index (Phi) is 6.93. The first-order valence-corrected chi connectivity index (χ1v) is 11.3. The molecule has 8 heteroatoms. The van der Waals surface area contributed by atoms with Crippen LogP contribution in [0.25, 0.3) is 0 Å². The average molecular weight is 452 g/mol. The summed E-state index contributed by atoms with van der Waals surface area (Å²) >= 11 is 0. The van der Waals surface area contributed by atoms with Gasteiger partial charge in [-0.3, -0.25) is 14.4 Å². The van der Waals surface area contributed by atoms with Crippen LogP contribution in [0.15, 0.2) is 48.5 Å². The van der Waals surface area contributed by atoms with E-state index in [1.54, 1.807) is 55.6 Å². The summed E-state index contributed by atoms with van der Waals surface area (Å²) in [5, 5.41) is 3.35. The fourth-order valence-corrected chi connectivity index (χ4v) is 4.34. The Hall–Kier alpha value is -3.39. The second-order valence-electron chi connectivity index (χ2n) is 8.21. The number of nitrogens with one attached hydrogen (secondary N) is 1. The van der Waals surface area contributed by atoms with Gasteiger partial charge in [-0.15, -0.1) is 0 Å². The highest BCUT2D eigenvalue weighted by Crippen LogP contribution is 2.26. The molecule has 0 radical (unpaired) electrons. The monoisotopic (exact) mass is 451 g/mol. The van der Waals surface area contributed by atoms with E-state index in [9.17, 15) is 14.4 Å². The summed E-state index contributed by atoms with van der Waals surface area (Å²) < 4.78 is 10.6. The minimum atomic E-state index is -0.544. The maximum Gasteiger partial charge on any atom is 0.253 e. The summed E-state index contributed by atoms with van der Waals surface area (Å²) in [4.78, 5) is 41.3. The Morgan fingerprint density at radius 3 is 2.24 bits per heavy atom. The molecular formula is C25H29N3O5. The van der Waals surface area contributed by atoms with E-state index in [-0.39, 0.29) is 30.2 Å². The van der Waals surface area contributed by atoms with Crippen LogP contribution in [0.5, 0.6) is 11.5 Å². The minimum Gasteiger partial charge on any atom is -0.497 e. The molecule has 2 aliphatic heterocycles. The lowest BCUT2D eigenvalue weighted by Gasteiger charge is -2.33. The van der Waals surface area contributed by atoms with Crippen LogP contribution in [0.1, 0.15) is 36.5 Å². The molecule has 0 saturated carbocycles. The van der Waals surface area contributed by atoms with Gasteiger partial charge in [0.25, 0.3) is 11.8 Å². The Labute approximate surface area is 193 Å². The van der Waals surface area contributed by atoms with Crippen LogP contribution in [0.3, 0.4) is 0 Å². The Morgan fingerprint density at radius 1 is 1.00 bits per heavy atom. The van der Waals surface area contributed by atoms with E-state index < -0.39 is 6.04 Å². The smallest absolute Gasteiger partial charge is 0.253 e. The maximum absolute atomic E-state index is 12.9. The third-order valence-electron chi connectivity index (χ3n) is 6.11. The lowest BCUT2D eigenvalue weighted by Crippen LogP contribution is -2.49. The summed E-state index contributed by atoms with van der Waals surface area (Å²) in [6.45, 7) is 3.65. The van der Waals surface area contributed by atoms with Gasteiger partial charge in [-0.25, -0.2) is 4.90 Å². The van der Waals surface area contributed by atoms with Gasteiger partial charge >= 0.3 is 0 Å². The normalized spacial score (nSPS) is 19.2. The third kappa shape index (κ3) is 5.01. The van der Waals surface area contributed by atoms with Crippen molar-refractivity contribution in [3.8, 4) is 11.5 Å². The highest BCUT2D eigenvalue weighted by atomic mass is 16.5. The molecule has 3 amide bonds. The summed E-state index contributed by atoms with van der Waals surface area (Å²) in [5.74, 6) is 0.954. The molecule has 2 aromatic rings. The molecule has 1 N–H and O–H groups in total. The predicted molar refractivity (Wildman–Crippen MR) is 124 cm³/mol. The van der Waals surface area contributed by atoms with Crippen molar-refractivity contribution >= 4 is 23.4 Å². The van der Waals surface area contributed by atoms with Crippen LogP contribution in [0.4, 0.5) is 5.69 Å². The molecule has 2 heterocycles. The molecule has 33 heavy (non-hydrogen) atoms. The fourth-order valence-electron chi connectivity index (χ4n) is 4.34. The molecule has 2 aliphatic rings. The number of likely N-dealkylation sites (tertiary alicyclic amines) is 1. The molecule has 1 atom stereocenters. The Morgan fingerprint density at radius 2 is 1.64 bits per heavy atom. The van der Waals surface area contributed by atoms with E-state index >= 15 is 0 Å². The number of rotatable bonds is 7. The summed E-state index contributed by atoms with van der Waals surface area (Å²) in [5.41, 5.74) is 1.18. The van der Waals surface area contributed by atoms with Gasteiger partial charge in [0.2, 0.25) is 5.91 Å². The number of anilines is 1. The van der Waals surface area contributed by atoms with E-state index in [0.29, 0.717) is 42.4 Å². The zero-order valence-electron chi connectivity index (χ0n) is 19.0. The number of benzene rings is 2. The van der Waals surface area contributed by atoms with Crippen LogP contribution in [0.2, 0.25) is 0 Å². The van der Waals surface area contributed by atoms with E-state index in [1.165, 1.54) is 4.90 Å². The number of carbonyl (C=O) groups is 3. The molecule has 8 nitrogen and oxygen atoms in total. The number of nitrogens with zero attached hydrogens (tertiary/aromatic N) is 2. The van der Waals surface area contributed by atoms with Crippen LogP contribution in [-0.4, -0.2) is 61.5 Å². The molecular weight excluding hydrogens is 422 g/mol. The first kappa shape index (κ1) is 22.8. The lowest BCUT2D eigenvalue weighted by atomic mass is 10.0. The van der Waals surface area contributed by atoms with Crippen LogP contribution in [-0.2, 0) is 9.59 Å². The maximum atomic E-state index is 12.9. The zero-order valence-corrected chi connectivity index (χ0v) is 19.0. The van der Waals surface area contributed by atoms with Gasteiger partial charge < -0.3 is 19.7 Å². The zero-order chi connectivity index (χ0) is 23.4. The standard InChI is InChI=1S/C25H29N3O5/c1-3-33-21-10-6-19(7-11-21)28-23(29)16-22(25(28)31)26-18-12-14-27(15-13-18)24(30)17-4-8-20(32-2)9-5-17/h4-11,18,22,26H,3,12-16H2,1-2H3/t22-/m1/s1. The van der Waals surface area contributed by atoms with E-state index in [4.69, 9.17) is 9.47 Å². The molecule has 0 bridgehead atoms. The molecule has 2 aromatic carbocycles. The molecule has 0 unspecified atom stereocenters. The van der Waals surface area contributed by atoms with Crippen LogP contribution in [0, 0.1) is 0 Å². The van der Waals surface area contributed by atoms with Crippen molar-refractivity contribution in [3.63, 3.8) is 0 Å². The summed E-state index contributed by atoms with van der Waals surface area (Å²) in [6, 6.07) is 13.6. The van der Waals surface area contributed by atoms with Crippen molar-refractivity contribution in [3.05, 3.63) is 54.1 Å².